The van der Waals surface area contributed by atoms with E-state index in [1.165, 1.54) is 6.07 Å². The molecule has 0 spiro atoms. The Balaban J connectivity index is 1.44. The summed E-state index contributed by atoms with van der Waals surface area (Å²) in [6, 6.07) is 10.0. The Bertz CT molecular complexity index is 1240. The van der Waals surface area contributed by atoms with Gasteiger partial charge in [0.15, 0.2) is 17.3 Å². The van der Waals surface area contributed by atoms with Crippen LogP contribution >= 0.6 is 0 Å². The Labute approximate surface area is 152 Å². The van der Waals surface area contributed by atoms with Crippen LogP contribution in [0.15, 0.2) is 52.0 Å². The maximum atomic E-state index is 10.2. The quantitative estimate of drug-likeness (QED) is 0.439. The zero-order valence-electron chi connectivity index (χ0n) is 13.8. The molecule has 1 aromatic carbocycles. The molecule has 5 rings (SSSR count). The van der Waals surface area contributed by atoms with Crippen molar-refractivity contribution < 1.29 is 14.6 Å². The highest BCUT2D eigenvalue weighted by atomic mass is 16.4. The van der Waals surface area contributed by atoms with E-state index in [0.717, 1.165) is 11.1 Å². The van der Waals surface area contributed by atoms with Crippen LogP contribution in [0, 0.1) is 0 Å². The van der Waals surface area contributed by atoms with Gasteiger partial charge in [-0.3, -0.25) is 5.32 Å². The number of allylic oxidation sites excluding steroid dienone is 1. The number of phenols is 1. The van der Waals surface area contributed by atoms with Crippen molar-refractivity contribution >= 4 is 46.5 Å². The van der Waals surface area contributed by atoms with Gasteiger partial charge < -0.3 is 19.6 Å². The predicted octanol–water partition coefficient (Wildman–Crippen LogP) is 3.96. The molecule has 0 fully saturated rings. The number of aromatic amines is 1. The second-order valence-corrected chi connectivity index (χ2v) is 6.00. The number of furan rings is 1. The van der Waals surface area contributed by atoms with Gasteiger partial charge in [0.25, 0.3) is 0 Å². The second kappa shape index (κ2) is 5.73. The highest BCUT2D eigenvalue weighted by Gasteiger charge is 2.16. The van der Waals surface area contributed by atoms with E-state index in [0.29, 0.717) is 34.4 Å². The van der Waals surface area contributed by atoms with Crippen LogP contribution in [0.3, 0.4) is 0 Å². The molecule has 0 saturated carbocycles. The zero-order chi connectivity index (χ0) is 18.4. The highest BCUT2D eigenvalue weighted by molar-refractivity contribution is 6.20. The van der Waals surface area contributed by atoms with Crippen molar-refractivity contribution in [2.24, 2.45) is 4.99 Å². The number of hydrogen-bond donors (Lipinski definition) is 4. The summed E-state index contributed by atoms with van der Waals surface area (Å²) >= 11 is 0. The first-order valence-corrected chi connectivity index (χ1v) is 8.15. The molecule has 0 radical (unpaired) electrons. The van der Waals surface area contributed by atoms with E-state index in [1.807, 2.05) is 12.1 Å². The van der Waals surface area contributed by atoms with E-state index in [1.54, 1.807) is 36.7 Å². The van der Waals surface area contributed by atoms with Crippen molar-refractivity contribution in [1.82, 2.24) is 15.0 Å². The molecule has 0 aliphatic carbocycles. The first kappa shape index (κ1) is 15.2. The van der Waals surface area contributed by atoms with Gasteiger partial charge in [0.05, 0.1) is 11.0 Å². The summed E-state index contributed by atoms with van der Waals surface area (Å²) in [5.41, 5.74) is 3.05. The van der Waals surface area contributed by atoms with E-state index >= 15 is 0 Å². The van der Waals surface area contributed by atoms with Crippen LogP contribution in [0.5, 0.6) is 11.5 Å². The third kappa shape index (κ3) is 2.69. The number of aromatic nitrogens is 3. The molecular formula is C19H13N5O3. The van der Waals surface area contributed by atoms with Crippen molar-refractivity contribution in [2.45, 2.75) is 0 Å². The molecule has 4 heterocycles. The molecule has 0 amide bonds. The fourth-order valence-corrected chi connectivity index (χ4v) is 2.92. The Hall–Kier alpha value is -4.07. The summed E-state index contributed by atoms with van der Waals surface area (Å²) in [6.45, 7) is 0. The molecule has 8 heteroatoms. The van der Waals surface area contributed by atoms with Gasteiger partial charge in [0.2, 0.25) is 11.8 Å². The molecule has 8 nitrogen and oxygen atoms in total. The van der Waals surface area contributed by atoms with Crippen molar-refractivity contribution in [1.29, 1.82) is 0 Å². The lowest BCUT2D eigenvalue weighted by Crippen LogP contribution is -1.89. The smallest absolute Gasteiger partial charge is 0.208 e. The van der Waals surface area contributed by atoms with Crippen LogP contribution in [-0.4, -0.2) is 31.4 Å². The third-order valence-electron chi connectivity index (χ3n) is 4.16. The van der Waals surface area contributed by atoms with Gasteiger partial charge in [-0.25, -0.2) is 15.0 Å². The highest BCUT2D eigenvalue weighted by Crippen LogP contribution is 2.35. The lowest BCUT2D eigenvalue weighted by Gasteiger charge is -1.98. The molecular weight excluding hydrogens is 346 g/mol. The van der Waals surface area contributed by atoms with Gasteiger partial charge in [-0.15, -0.1) is 0 Å². The number of imidazole rings is 1. The summed E-state index contributed by atoms with van der Waals surface area (Å²) in [6.07, 6.45) is 5.06. The number of anilines is 2. The molecule has 4 N–H and O–H groups in total. The number of benzene rings is 1. The monoisotopic (exact) mass is 359 g/mol. The number of phenolic OH excluding ortho intramolecular Hbond substituents is 1. The Kier molecular flexibility index (Phi) is 3.23. The molecule has 1 aliphatic heterocycles. The molecule has 0 bridgehead atoms. The Morgan fingerprint density at radius 3 is 3.00 bits per heavy atom. The lowest BCUT2D eigenvalue weighted by atomic mass is 10.1. The Morgan fingerprint density at radius 2 is 2.07 bits per heavy atom. The van der Waals surface area contributed by atoms with E-state index in [-0.39, 0.29) is 11.5 Å². The van der Waals surface area contributed by atoms with E-state index < -0.39 is 0 Å². The number of H-pyrrole nitrogens is 1. The van der Waals surface area contributed by atoms with Crippen molar-refractivity contribution in [2.75, 3.05) is 5.32 Å². The van der Waals surface area contributed by atoms with Crippen LogP contribution in [0.25, 0.3) is 22.7 Å². The van der Waals surface area contributed by atoms with Gasteiger partial charge in [0, 0.05) is 35.7 Å². The van der Waals surface area contributed by atoms with Gasteiger partial charge in [0.1, 0.15) is 5.75 Å². The molecule has 0 atom stereocenters. The Morgan fingerprint density at radius 1 is 1.15 bits per heavy atom. The summed E-state index contributed by atoms with van der Waals surface area (Å²) in [5, 5.41) is 22.7. The standard InChI is InChI=1S/C19H13N5O3/c25-11-3-4-13-14(7-11)23-19(22-13)24-17-8-15(26)16(27-17)6-10-9-21-18-12(10)2-1-5-20-18/h1-9,25-26H,(H2,22,23,24). The zero-order valence-corrected chi connectivity index (χ0v) is 13.8. The van der Waals surface area contributed by atoms with E-state index in [4.69, 9.17) is 4.42 Å². The molecule has 3 aromatic heterocycles. The minimum Gasteiger partial charge on any atom is -0.508 e. The first-order chi connectivity index (χ1) is 13.2. The SMILES string of the molecule is Oc1ccc2nc(Nc3cc(O)c(C=C4C=Nc5ncccc54)o3)[nH]c2c1. The average molecular weight is 359 g/mol. The van der Waals surface area contributed by atoms with Crippen molar-refractivity contribution in [3.8, 4) is 11.5 Å². The van der Waals surface area contributed by atoms with Crippen molar-refractivity contribution in [3.63, 3.8) is 0 Å². The number of nitrogens with zero attached hydrogens (tertiary/aromatic N) is 3. The second-order valence-electron chi connectivity index (χ2n) is 6.00. The summed E-state index contributed by atoms with van der Waals surface area (Å²) < 4.78 is 5.69. The normalized spacial score (nSPS) is 14.1. The third-order valence-corrected chi connectivity index (χ3v) is 4.16. The molecule has 27 heavy (non-hydrogen) atoms. The summed E-state index contributed by atoms with van der Waals surface area (Å²) in [4.78, 5) is 15.8. The van der Waals surface area contributed by atoms with Crippen molar-refractivity contribution in [3.05, 3.63) is 53.9 Å². The lowest BCUT2D eigenvalue weighted by molar-refractivity contribution is 0.455. The maximum Gasteiger partial charge on any atom is 0.208 e. The van der Waals surface area contributed by atoms with Gasteiger partial charge in [-0.05, 0) is 30.3 Å². The van der Waals surface area contributed by atoms with Gasteiger partial charge in [-0.2, -0.15) is 0 Å². The van der Waals surface area contributed by atoms with Crippen LogP contribution in [0.1, 0.15) is 11.3 Å². The molecule has 132 valence electrons. The molecule has 4 aromatic rings. The first-order valence-electron chi connectivity index (χ1n) is 8.15. The molecule has 1 aliphatic rings. The topological polar surface area (TPSA) is 120 Å². The van der Waals surface area contributed by atoms with Gasteiger partial charge in [-0.1, -0.05) is 0 Å². The molecule has 0 saturated heterocycles. The number of pyridine rings is 1. The number of rotatable bonds is 3. The predicted molar refractivity (Wildman–Crippen MR) is 102 cm³/mol. The van der Waals surface area contributed by atoms with Crippen LogP contribution < -0.4 is 5.32 Å². The summed E-state index contributed by atoms with van der Waals surface area (Å²) in [5.74, 6) is 1.83. The number of fused-ring (bicyclic) bond motifs is 2. The average Bonchev–Trinajstić information content (AvgIpc) is 3.33. The molecule has 0 unspecified atom stereocenters. The van der Waals surface area contributed by atoms with Crippen LogP contribution in [0.4, 0.5) is 17.7 Å². The number of aliphatic imine (C=N–C) groups is 1. The number of nitrogens with one attached hydrogen (secondary N) is 2. The van der Waals surface area contributed by atoms with Gasteiger partial charge >= 0.3 is 0 Å². The summed E-state index contributed by atoms with van der Waals surface area (Å²) in [7, 11) is 0. The van der Waals surface area contributed by atoms with E-state index in [9.17, 15) is 10.2 Å². The van der Waals surface area contributed by atoms with Crippen LogP contribution in [-0.2, 0) is 0 Å². The largest absolute Gasteiger partial charge is 0.508 e. The fraction of sp³-hybridized carbons (Fsp3) is 0. The number of hydrogen-bond acceptors (Lipinski definition) is 7. The van der Waals surface area contributed by atoms with Crippen LogP contribution in [0.2, 0.25) is 0 Å². The minimum atomic E-state index is -0.00973. The minimum absolute atomic E-state index is 0.00973. The maximum absolute atomic E-state index is 10.2. The fourth-order valence-electron chi connectivity index (χ4n) is 2.92. The number of aromatic hydroxyl groups is 2. The van der Waals surface area contributed by atoms with E-state index in [2.05, 4.69) is 25.3 Å².